The summed E-state index contributed by atoms with van der Waals surface area (Å²) in [7, 11) is 1.77. The van der Waals surface area contributed by atoms with Crippen LogP contribution in [-0.2, 0) is 11.3 Å². The molecule has 0 aliphatic heterocycles. The Bertz CT molecular complexity index is 365. The van der Waals surface area contributed by atoms with Crippen molar-refractivity contribution in [3.8, 4) is 0 Å². The van der Waals surface area contributed by atoms with E-state index in [4.69, 9.17) is 4.74 Å². The first kappa shape index (κ1) is 13.9. The fourth-order valence-electron chi connectivity index (χ4n) is 1.85. The fourth-order valence-corrected chi connectivity index (χ4v) is 2.91. The van der Waals surface area contributed by atoms with Gasteiger partial charge < -0.3 is 10.1 Å². The van der Waals surface area contributed by atoms with Crippen LogP contribution in [0.1, 0.15) is 31.7 Å². The normalized spacial score (nSPS) is 16.8. The number of methoxy groups -OCH3 is 1. The molecule has 2 rings (SSSR count). The lowest BCUT2D eigenvalue weighted by atomic mass is 10.2. The van der Waals surface area contributed by atoms with Crippen molar-refractivity contribution >= 4 is 11.8 Å². The van der Waals surface area contributed by atoms with E-state index in [1.54, 1.807) is 7.11 Å². The van der Waals surface area contributed by atoms with Crippen LogP contribution in [0.2, 0.25) is 0 Å². The molecular weight excluding hydrogens is 242 g/mol. The average molecular weight is 265 g/mol. The van der Waals surface area contributed by atoms with Gasteiger partial charge in [-0.2, -0.15) is 0 Å². The highest BCUT2D eigenvalue weighted by Crippen LogP contribution is 2.26. The van der Waals surface area contributed by atoms with Gasteiger partial charge in [0, 0.05) is 36.4 Å². The summed E-state index contributed by atoms with van der Waals surface area (Å²) in [4.78, 5) is 1.37. The van der Waals surface area contributed by atoms with E-state index in [0.717, 1.165) is 25.6 Å². The van der Waals surface area contributed by atoms with Crippen LogP contribution in [-0.4, -0.2) is 25.0 Å². The number of thioether (sulfide) groups is 1. The van der Waals surface area contributed by atoms with E-state index in [9.17, 15) is 0 Å². The molecule has 1 aliphatic carbocycles. The Morgan fingerprint density at radius 2 is 2.28 bits per heavy atom. The van der Waals surface area contributed by atoms with Crippen LogP contribution in [0.25, 0.3) is 0 Å². The minimum atomic E-state index is 0.608. The molecule has 1 fully saturated rings. The molecule has 0 spiro atoms. The first-order valence-electron chi connectivity index (χ1n) is 6.76. The molecule has 2 nitrogen and oxygen atoms in total. The number of rotatable bonds is 8. The molecule has 1 unspecified atom stereocenters. The van der Waals surface area contributed by atoms with Crippen molar-refractivity contribution in [2.75, 3.05) is 13.7 Å². The molecule has 3 heteroatoms. The molecule has 18 heavy (non-hydrogen) atoms. The smallest absolute Gasteiger partial charge is 0.0472 e. The second kappa shape index (κ2) is 7.17. The third-order valence-electron chi connectivity index (χ3n) is 3.14. The van der Waals surface area contributed by atoms with Gasteiger partial charge in [-0.3, -0.25) is 0 Å². The van der Waals surface area contributed by atoms with Crippen LogP contribution in [0, 0.1) is 0 Å². The monoisotopic (exact) mass is 265 g/mol. The topological polar surface area (TPSA) is 21.3 Å². The standard InChI is InChI=1S/C15H23NOS/c1-12(8-9-17-2)18-15-5-3-4-13(10-15)11-16-14-6-7-14/h3-5,10,12,14,16H,6-9,11H2,1-2H3. The van der Waals surface area contributed by atoms with Gasteiger partial charge in [-0.15, -0.1) is 11.8 Å². The second-order valence-electron chi connectivity index (χ2n) is 5.01. The fraction of sp³-hybridized carbons (Fsp3) is 0.600. The molecule has 0 saturated heterocycles. The van der Waals surface area contributed by atoms with Gasteiger partial charge in [0.1, 0.15) is 0 Å². The van der Waals surface area contributed by atoms with Gasteiger partial charge in [-0.25, -0.2) is 0 Å². The third kappa shape index (κ3) is 5.01. The van der Waals surface area contributed by atoms with Gasteiger partial charge in [-0.1, -0.05) is 19.1 Å². The number of ether oxygens (including phenoxy) is 1. The Labute approximate surface area is 114 Å². The molecule has 1 aromatic rings. The molecule has 0 radical (unpaired) electrons. The van der Waals surface area contributed by atoms with E-state index in [1.165, 1.54) is 23.3 Å². The number of benzene rings is 1. The van der Waals surface area contributed by atoms with Gasteiger partial charge in [0.25, 0.3) is 0 Å². The zero-order valence-corrected chi connectivity index (χ0v) is 12.1. The maximum absolute atomic E-state index is 5.12. The van der Waals surface area contributed by atoms with Gasteiger partial charge in [0.05, 0.1) is 0 Å². The van der Waals surface area contributed by atoms with Crippen molar-refractivity contribution in [3.63, 3.8) is 0 Å². The molecule has 0 amide bonds. The molecular formula is C15H23NOS. The molecule has 1 N–H and O–H groups in total. The minimum Gasteiger partial charge on any atom is -0.385 e. The van der Waals surface area contributed by atoms with Gasteiger partial charge in [0.2, 0.25) is 0 Å². The Hall–Kier alpha value is -0.510. The SMILES string of the molecule is COCCC(C)Sc1cccc(CNC2CC2)c1. The molecule has 0 aromatic heterocycles. The van der Waals surface area contributed by atoms with Crippen LogP contribution in [0.15, 0.2) is 29.2 Å². The first-order chi connectivity index (χ1) is 8.78. The Morgan fingerprint density at radius 1 is 1.44 bits per heavy atom. The Balaban J connectivity index is 1.81. The predicted molar refractivity (Wildman–Crippen MR) is 78.1 cm³/mol. The summed E-state index contributed by atoms with van der Waals surface area (Å²) in [5, 5.41) is 4.17. The minimum absolute atomic E-state index is 0.608. The highest BCUT2D eigenvalue weighted by molar-refractivity contribution is 7.99. The average Bonchev–Trinajstić information content (AvgIpc) is 3.18. The van der Waals surface area contributed by atoms with E-state index < -0.39 is 0 Å². The first-order valence-corrected chi connectivity index (χ1v) is 7.64. The lowest BCUT2D eigenvalue weighted by molar-refractivity contribution is 0.195. The van der Waals surface area contributed by atoms with E-state index in [1.807, 2.05) is 11.8 Å². The van der Waals surface area contributed by atoms with E-state index in [-0.39, 0.29) is 0 Å². The number of nitrogens with one attached hydrogen (secondary N) is 1. The summed E-state index contributed by atoms with van der Waals surface area (Å²) in [6.07, 6.45) is 3.80. The van der Waals surface area contributed by atoms with Crippen LogP contribution in [0.4, 0.5) is 0 Å². The summed E-state index contributed by atoms with van der Waals surface area (Å²) in [5.74, 6) is 0. The Morgan fingerprint density at radius 3 is 3.00 bits per heavy atom. The molecule has 0 heterocycles. The molecule has 1 aromatic carbocycles. The van der Waals surface area contributed by atoms with Crippen LogP contribution in [0.5, 0.6) is 0 Å². The van der Waals surface area contributed by atoms with E-state index in [2.05, 4.69) is 36.5 Å². The van der Waals surface area contributed by atoms with Crippen molar-refractivity contribution in [2.24, 2.45) is 0 Å². The number of hydrogen-bond donors (Lipinski definition) is 1. The highest BCUT2D eigenvalue weighted by Gasteiger charge is 2.19. The van der Waals surface area contributed by atoms with Crippen LogP contribution in [0.3, 0.4) is 0 Å². The molecule has 0 bridgehead atoms. The quantitative estimate of drug-likeness (QED) is 0.727. The molecule has 1 atom stereocenters. The summed E-state index contributed by atoms with van der Waals surface area (Å²) < 4.78 is 5.12. The van der Waals surface area contributed by atoms with Crippen molar-refractivity contribution in [2.45, 2.75) is 48.9 Å². The predicted octanol–water partition coefficient (Wildman–Crippen LogP) is 3.46. The molecule has 1 saturated carbocycles. The largest absolute Gasteiger partial charge is 0.385 e. The Kier molecular flexibility index (Phi) is 5.54. The zero-order valence-electron chi connectivity index (χ0n) is 11.3. The number of hydrogen-bond acceptors (Lipinski definition) is 3. The molecule has 100 valence electrons. The second-order valence-corrected chi connectivity index (χ2v) is 6.52. The van der Waals surface area contributed by atoms with Crippen LogP contribution >= 0.6 is 11.8 Å². The maximum atomic E-state index is 5.12. The lowest BCUT2D eigenvalue weighted by Gasteiger charge is -2.11. The maximum Gasteiger partial charge on any atom is 0.0472 e. The third-order valence-corrected chi connectivity index (χ3v) is 4.30. The lowest BCUT2D eigenvalue weighted by Crippen LogP contribution is -2.15. The summed E-state index contributed by atoms with van der Waals surface area (Å²) >= 11 is 1.94. The van der Waals surface area contributed by atoms with Gasteiger partial charge >= 0.3 is 0 Å². The van der Waals surface area contributed by atoms with Gasteiger partial charge in [0.15, 0.2) is 0 Å². The highest BCUT2D eigenvalue weighted by atomic mass is 32.2. The van der Waals surface area contributed by atoms with Crippen LogP contribution < -0.4 is 5.32 Å². The van der Waals surface area contributed by atoms with Gasteiger partial charge in [-0.05, 0) is 37.0 Å². The zero-order chi connectivity index (χ0) is 12.8. The summed E-state index contributed by atoms with van der Waals surface area (Å²) in [6.45, 7) is 4.11. The van der Waals surface area contributed by atoms with Crippen molar-refractivity contribution in [3.05, 3.63) is 29.8 Å². The summed E-state index contributed by atoms with van der Waals surface area (Å²) in [6, 6.07) is 9.66. The van der Waals surface area contributed by atoms with E-state index in [0.29, 0.717) is 5.25 Å². The molecule has 1 aliphatic rings. The van der Waals surface area contributed by atoms with Crippen molar-refractivity contribution in [1.82, 2.24) is 5.32 Å². The van der Waals surface area contributed by atoms with Crippen molar-refractivity contribution < 1.29 is 4.74 Å². The summed E-state index contributed by atoms with van der Waals surface area (Å²) in [5.41, 5.74) is 1.39. The van der Waals surface area contributed by atoms with Crippen molar-refractivity contribution in [1.29, 1.82) is 0 Å². The van der Waals surface area contributed by atoms with E-state index >= 15 is 0 Å².